The number of ketones is 1. The lowest BCUT2D eigenvalue weighted by Gasteiger charge is -2.31. The summed E-state index contributed by atoms with van der Waals surface area (Å²) < 4.78 is 0. The van der Waals surface area contributed by atoms with Gasteiger partial charge in [-0.25, -0.2) is 0 Å². The average Bonchev–Trinajstić information content (AvgIpc) is 2.45. The third-order valence-corrected chi connectivity index (χ3v) is 3.68. The fourth-order valence-electron chi connectivity index (χ4n) is 1.94. The lowest BCUT2D eigenvalue weighted by atomic mass is 9.92. The van der Waals surface area contributed by atoms with E-state index in [9.17, 15) is 9.59 Å². The second kappa shape index (κ2) is 6.48. The predicted octanol–water partition coefficient (Wildman–Crippen LogP) is 2.14. The monoisotopic (exact) mass is 262 g/mol. The third kappa shape index (κ3) is 3.64. The highest BCUT2D eigenvalue weighted by molar-refractivity contribution is 5.98. The number of Topliss-reactive ketones (excluding diaryl/α,β-unsaturated/α-hetero) is 1. The molecule has 1 amide bonds. The smallest absolute Gasteiger partial charge is 0.251 e. The third-order valence-electron chi connectivity index (χ3n) is 3.68. The van der Waals surface area contributed by atoms with Crippen molar-refractivity contribution in [2.24, 2.45) is 5.73 Å². The number of carbonyl (C=O) groups excluding carboxylic acids is 2. The number of hydrogen-bond acceptors (Lipinski definition) is 3. The Bertz CT molecular complexity index is 439. The van der Waals surface area contributed by atoms with Crippen molar-refractivity contribution in [1.82, 2.24) is 5.32 Å². The highest BCUT2D eigenvalue weighted by Gasteiger charge is 2.26. The van der Waals surface area contributed by atoms with Crippen molar-refractivity contribution in [1.29, 1.82) is 0 Å². The Hall–Kier alpha value is -1.68. The van der Waals surface area contributed by atoms with E-state index in [-0.39, 0.29) is 17.2 Å². The molecule has 0 aromatic heterocycles. The summed E-state index contributed by atoms with van der Waals surface area (Å²) in [5, 5.41) is 3.00. The highest BCUT2D eigenvalue weighted by atomic mass is 16.1. The van der Waals surface area contributed by atoms with Crippen LogP contribution in [0.1, 0.15) is 54.3 Å². The van der Waals surface area contributed by atoms with Gasteiger partial charge in [0.1, 0.15) is 0 Å². The number of benzene rings is 1. The molecule has 0 atom stereocenters. The maximum absolute atomic E-state index is 12.2. The number of hydrogen-bond donors (Lipinski definition) is 2. The minimum Gasteiger partial charge on any atom is -0.345 e. The predicted molar refractivity (Wildman–Crippen MR) is 76.3 cm³/mol. The van der Waals surface area contributed by atoms with Gasteiger partial charge in [0, 0.05) is 17.7 Å². The van der Waals surface area contributed by atoms with Crippen molar-refractivity contribution in [2.75, 3.05) is 6.54 Å². The van der Waals surface area contributed by atoms with Gasteiger partial charge in [-0.1, -0.05) is 26.0 Å². The van der Waals surface area contributed by atoms with Crippen LogP contribution < -0.4 is 11.1 Å². The van der Waals surface area contributed by atoms with Gasteiger partial charge in [0.2, 0.25) is 0 Å². The van der Waals surface area contributed by atoms with Crippen LogP contribution >= 0.6 is 0 Å². The van der Waals surface area contributed by atoms with Crippen molar-refractivity contribution in [3.05, 3.63) is 35.4 Å². The fraction of sp³-hybridized carbons (Fsp3) is 0.467. The maximum Gasteiger partial charge on any atom is 0.251 e. The number of nitrogens with two attached hydrogens (primary N) is 1. The molecular weight excluding hydrogens is 240 g/mol. The fourth-order valence-corrected chi connectivity index (χ4v) is 1.94. The van der Waals surface area contributed by atoms with E-state index in [0.29, 0.717) is 17.7 Å². The molecule has 0 spiro atoms. The van der Waals surface area contributed by atoms with Gasteiger partial charge in [-0.05, 0) is 31.9 Å². The quantitative estimate of drug-likeness (QED) is 0.771. The summed E-state index contributed by atoms with van der Waals surface area (Å²) in [5.74, 6) is -0.158. The van der Waals surface area contributed by atoms with Crippen LogP contribution in [0.15, 0.2) is 24.3 Å². The van der Waals surface area contributed by atoms with E-state index < -0.39 is 0 Å². The Kier molecular flexibility index (Phi) is 5.24. The number of rotatable bonds is 6. The molecule has 1 aromatic carbocycles. The molecule has 0 aliphatic heterocycles. The first-order chi connectivity index (χ1) is 8.98. The molecule has 0 aliphatic carbocycles. The van der Waals surface area contributed by atoms with Crippen LogP contribution in [-0.4, -0.2) is 23.8 Å². The molecule has 0 saturated heterocycles. The molecular formula is C15H22N2O2. The minimum atomic E-state index is -0.351. The molecule has 4 heteroatoms. The van der Waals surface area contributed by atoms with Gasteiger partial charge in [-0.15, -0.1) is 0 Å². The van der Waals surface area contributed by atoms with Crippen LogP contribution in [0.2, 0.25) is 0 Å². The normalized spacial score (nSPS) is 11.2. The Morgan fingerprint density at radius 1 is 1.11 bits per heavy atom. The van der Waals surface area contributed by atoms with Crippen LogP contribution in [0.4, 0.5) is 0 Å². The zero-order chi connectivity index (χ0) is 14.5. The van der Waals surface area contributed by atoms with Crippen LogP contribution in [0, 0.1) is 0 Å². The van der Waals surface area contributed by atoms with E-state index >= 15 is 0 Å². The molecule has 3 N–H and O–H groups in total. The van der Waals surface area contributed by atoms with Crippen LogP contribution in [0.3, 0.4) is 0 Å². The van der Waals surface area contributed by atoms with Gasteiger partial charge in [0.05, 0.1) is 5.54 Å². The first-order valence-corrected chi connectivity index (χ1v) is 6.61. The summed E-state index contributed by atoms with van der Waals surface area (Å²) in [6.45, 7) is 5.94. The molecule has 19 heavy (non-hydrogen) atoms. The molecule has 0 radical (unpaired) electrons. The van der Waals surface area contributed by atoms with Crippen molar-refractivity contribution >= 4 is 11.7 Å². The Balaban J connectivity index is 2.86. The standard InChI is InChI=1S/C15H22N2O2/c1-4-15(5-2,10-16)17-14(19)13-8-6-12(7-9-13)11(3)18/h6-9H,4-5,10,16H2,1-3H3,(H,17,19). The molecule has 0 fully saturated rings. The minimum absolute atomic E-state index is 0.00891. The molecule has 0 saturated carbocycles. The van der Waals surface area contributed by atoms with Gasteiger partial charge in [0.15, 0.2) is 5.78 Å². The summed E-state index contributed by atoms with van der Waals surface area (Å²) in [7, 11) is 0. The van der Waals surface area contributed by atoms with Crippen molar-refractivity contribution in [3.8, 4) is 0 Å². The first-order valence-electron chi connectivity index (χ1n) is 6.61. The summed E-state index contributed by atoms with van der Waals surface area (Å²) in [4.78, 5) is 23.3. The van der Waals surface area contributed by atoms with Gasteiger partial charge in [0.25, 0.3) is 5.91 Å². The van der Waals surface area contributed by atoms with Crippen LogP contribution in [0.5, 0.6) is 0 Å². The van der Waals surface area contributed by atoms with E-state index in [1.165, 1.54) is 6.92 Å². The lowest BCUT2D eigenvalue weighted by molar-refractivity contribution is 0.0894. The molecule has 104 valence electrons. The van der Waals surface area contributed by atoms with Gasteiger partial charge >= 0.3 is 0 Å². The van der Waals surface area contributed by atoms with Crippen molar-refractivity contribution in [2.45, 2.75) is 39.2 Å². The molecule has 1 aromatic rings. The van der Waals surface area contributed by atoms with Crippen molar-refractivity contribution in [3.63, 3.8) is 0 Å². The molecule has 0 aliphatic rings. The van der Waals surface area contributed by atoms with Crippen LogP contribution in [-0.2, 0) is 0 Å². The van der Waals surface area contributed by atoms with E-state index in [4.69, 9.17) is 5.73 Å². The summed E-state index contributed by atoms with van der Waals surface area (Å²) in [5.41, 5.74) is 6.56. The molecule has 1 rings (SSSR count). The second-order valence-electron chi connectivity index (χ2n) is 4.78. The average molecular weight is 262 g/mol. The highest BCUT2D eigenvalue weighted by Crippen LogP contribution is 2.15. The first kappa shape index (κ1) is 15.4. The number of nitrogens with one attached hydrogen (secondary N) is 1. The molecule has 0 bridgehead atoms. The zero-order valence-electron chi connectivity index (χ0n) is 11.8. The largest absolute Gasteiger partial charge is 0.345 e. The second-order valence-corrected chi connectivity index (χ2v) is 4.78. The summed E-state index contributed by atoms with van der Waals surface area (Å²) in [6.07, 6.45) is 1.58. The Morgan fingerprint density at radius 2 is 1.58 bits per heavy atom. The van der Waals surface area contributed by atoms with E-state index in [0.717, 1.165) is 12.8 Å². The summed E-state index contributed by atoms with van der Waals surface area (Å²) in [6, 6.07) is 6.66. The van der Waals surface area contributed by atoms with E-state index in [1.54, 1.807) is 24.3 Å². The lowest BCUT2D eigenvalue weighted by Crippen LogP contribution is -2.52. The van der Waals surface area contributed by atoms with Crippen molar-refractivity contribution < 1.29 is 9.59 Å². The van der Waals surface area contributed by atoms with Crippen LogP contribution in [0.25, 0.3) is 0 Å². The van der Waals surface area contributed by atoms with Gasteiger partial charge in [-0.3, -0.25) is 9.59 Å². The Labute approximate surface area is 114 Å². The van der Waals surface area contributed by atoms with Gasteiger partial charge < -0.3 is 11.1 Å². The molecule has 0 unspecified atom stereocenters. The molecule has 4 nitrogen and oxygen atoms in total. The van der Waals surface area contributed by atoms with Gasteiger partial charge in [-0.2, -0.15) is 0 Å². The topological polar surface area (TPSA) is 72.2 Å². The molecule has 0 heterocycles. The zero-order valence-corrected chi connectivity index (χ0v) is 11.8. The maximum atomic E-state index is 12.2. The van der Waals surface area contributed by atoms with E-state index in [1.807, 2.05) is 13.8 Å². The number of carbonyl (C=O) groups is 2. The summed E-state index contributed by atoms with van der Waals surface area (Å²) >= 11 is 0. The Morgan fingerprint density at radius 3 is 1.95 bits per heavy atom. The van der Waals surface area contributed by atoms with E-state index in [2.05, 4.69) is 5.32 Å². The SMILES string of the molecule is CCC(CC)(CN)NC(=O)c1ccc(C(C)=O)cc1. The number of amides is 1.